The smallest absolute Gasteiger partial charge is 0.335 e. The quantitative estimate of drug-likeness (QED) is 0.885. The Labute approximate surface area is 112 Å². The van der Waals surface area contributed by atoms with Gasteiger partial charge in [0.1, 0.15) is 5.75 Å². The number of ether oxygens (including phenoxy) is 1. The molecule has 0 aliphatic rings. The second-order valence-corrected chi connectivity index (χ2v) is 4.54. The van der Waals surface area contributed by atoms with Gasteiger partial charge in [0.05, 0.1) is 12.2 Å². The lowest BCUT2D eigenvalue weighted by atomic mass is 10.0. The van der Waals surface area contributed by atoms with Crippen molar-refractivity contribution >= 4 is 16.7 Å². The maximum Gasteiger partial charge on any atom is 0.335 e. The predicted octanol–water partition coefficient (Wildman–Crippen LogP) is 3.89. The number of carboxylic acids is 1. The topological polar surface area (TPSA) is 46.5 Å². The number of carboxylic acid groups (broad SMARTS) is 1. The van der Waals surface area contributed by atoms with E-state index in [4.69, 9.17) is 9.84 Å². The molecular weight excluding hydrogens is 240 g/mol. The summed E-state index contributed by atoms with van der Waals surface area (Å²) >= 11 is 0. The minimum Gasteiger partial charge on any atom is -0.493 e. The Morgan fingerprint density at radius 3 is 2.63 bits per heavy atom. The molecule has 100 valence electrons. The zero-order valence-corrected chi connectivity index (χ0v) is 11.3. The number of aromatic carboxylic acids is 1. The van der Waals surface area contributed by atoms with E-state index in [0.29, 0.717) is 12.4 Å². The van der Waals surface area contributed by atoms with E-state index in [1.807, 2.05) is 19.1 Å². The lowest BCUT2D eigenvalue weighted by Gasteiger charge is -2.11. The second-order valence-electron chi connectivity index (χ2n) is 4.54. The van der Waals surface area contributed by atoms with Gasteiger partial charge in [-0.1, -0.05) is 26.0 Å². The van der Waals surface area contributed by atoms with Gasteiger partial charge in [-0.05, 0) is 42.0 Å². The van der Waals surface area contributed by atoms with Crippen molar-refractivity contribution in [3.05, 3.63) is 41.5 Å². The van der Waals surface area contributed by atoms with E-state index < -0.39 is 5.97 Å². The molecule has 2 aromatic rings. The van der Waals surface area contributed by atoms with E-state index in [1.165, 1.54) is 5.56 Å². The maximum atomic E-state index is 11.1. The van der Waals surface area contributed by atoms with Crippen molar-refractivity contribution in [1.29, 1.82) is 0 Å². The van der Waals surface area contributed by atoms with Gasteiger partial charge in [0, 0.05) is 5.39 Å². The summed E-state index contributed by atoms with van der Waals surface area (Å²) < 4.78 is 5.70. The fraction of sp³-hybridized carbons (Fsp3) is 0.312. The Morgan fingerprint density at radius 1 is 1.21 bits per heavy atom. The lowest BCUT2D eigenvalue weighted by molar-refractivity contribution is 0.0696. The number of fused-ring (bicyclic) bond motifs is 1. The molecule has 3 nitrogen and oxygen atoms in total. The summed E-state index contributed by atoms with van der Waals surface area (Å²) in [7, 11) is 0. The molecule has 2 rings (SSSR count). The fourth-order valence-electron chi connectivity index (χ4n) is 2.05. The molecule has 0 saturated heterocycles. The Balaban J connectivity index is 2.60. The minimum atomic E-state index is -0.928. The Bertz CT molecular complexity index is 602. The van der Waals surface area contributed by atoms with Crippen molar-refractivity contribution in [2.24, 2.45) is 0 Å². The van der Waals surface area contributed by atoms with Crippen LogP contribution in [0.4, 0.5) is 0 Å². The van der Waals surface area contributed by atoms with Gasteiger partial charge in [0.25, 0.3) is 0 Å². The molecule has 0 heterocycles. The van der Waals surface area contributed by atoms with Crippen LogP contribution in [0.5, 0.6) is 5.75 Å². The van der Waals surface area contributed by atoms with E-state index in [1.54, 1.807) is 12.1 Å². The highest BCUT2D eigenvalue weighted by Crippen LogP contribution is 2.29. The second kappa shape index (κ2) is 5.74. The van der Waals surface area contributed by atoms with Crippen LogP contribution in [-0.2, 0) is 6.42 Å². The van der Waals surface area contributed by atoms with Gasteiger partial charge >= 0.3 is 5.97 Å². The van der Waals surface area contributed by atoms with Crippen LogP contribution in [0.2, 0.25) is 0 Å². The van der Waals surface area contributed by atoms with Crippen LogP contribution >= 0.6 is 0 Å². The van der Waals surface area contributed by atoms with Crippen molar-refractivity contribution < 1.29 is 14.6 Å². The SMILES string of the molecule is CCCOc1cc(C(=O)O)cc2ccc(CC)cc12. The Morgan fingerprint density at radius 2 is 2.00 bits per heavy atom. The molecule has 0 aromatic heterocycles. The van der Waals surface area contributed by atoms with Crippen LogP contribution in [0.1, 0.15) is 36.2 Å². The molecule has 2 aromatic carbocycles. The van der Waals surface area contributed by atoms with Crippen molar-refractivity contribution in [1.82, 2.24) is 0 Å². The first-order valence-corrected chi connectivity index (χ1v) is 6.58. The minimum absolute atomic E-state index is 0.267. The van der Waals surface area contributed by atoms with Crippen molar-refractivity contribution in [2.75, 3.05) is 6.61 Å². The normalized spacial score (nSPS) is 10.6. The molecule has 1 N–H and O–H groups in total. The van der Waals surface area contributed by atoms with Crippen LogP contribution in [0.3, 0.4) is 0 Å². The highest BCUT2D eigenvalue weighted by atomic mass is 16.5. The fourth-order valence-corrected chi connectivity index (χ4v) is 2.05. The maximum absolute atomic E-state index is 11.1. The summed E-state index contributed by atoms with van der Waals surface area (Å²) in [6, 6.07) is 9.36. The summed E-state index contributed by atoms with van der Waals surface area (Å²) in [5, 5.41) is 11.0. The van der Waals surface area contributed by atoms with E-state index in [2.05, 4.69) is 13.0 Å². The monoisotopic (exact) mass is 258 g/mol. The van der Waals surface area contributed by atoms with Gasteiger partial charge in [-0.15, -0.1) is 0 Å². The van der Waals surface area contributed by atoms with Gasteiger partial charge in [-0.2, -0.15) is 0 Å². The third-order valence-electron chi connectivity index (χ3n) is 3.10. The van der Waals surface area contributed by atoms with Crippen LogP contribution in [-0.4, -0.2) is 17.7 Å². The van der Waals surface area contributed by atoms with E-state index >= 15 is 0 Å². The molecule has 0 saturated carbocycles. The summed E-state index contributed by atoms with van der Waals surface area (Å²) in [5.41, 5.74) is 1.49. The molecule has 0 unspecified atom stereocenters. The average Bonchev–Trinajstić information content (AvgIpc) is 2.43. The largest absolute Gasteiger partial charge is 0.493 e. The zero-order valence-electron chi connectivity index (χ0n) is 11.3. The van der Waals surface area contributed by atoms with Gasteiger partial charge < -0.3 is 9.84 Å². The van der Waals surface area contributed by atoms with Gasteiger partial charge in [-0.25, -0.2) is 4.79 Å². The first kappa shape index (κ1) is 13.4. The molecule has 0 radical (unpaired) electrons. The van der Waals surface area contributed by atoms with Gasteiger partial charge in [0.2, 0.25) is 0 Å². The molecule has 0 aliphatic heterocycles. The molecule has 0 atom stereocenters. The number of rotatable bonds is 5. The summed E-state index contributed by atoms with van der Waals surface area (Å²) in [5.74, 6) is -0.269. The number of aryl methyl sites for hydroxylation is 1. The molecule has 0 amide bonds. The Kier molecular flexibility index (Phi) is 4.05. The van der Waals surface area contributed by atoms with E-state index in [9.17, 15) is 4.79 Å². The third-order valence-corrected chi connectivity index (χ3v) is 3.10. The Hall–Kier alpha value is -2.03. The van der Waals surface area contributed by atoms with Gasteiger partial charge in [0.15, 0.2) is 0 Å². The molecule has 0 spiro atoms. The highest BCUT2D eigenvalue weighted by Gasteiger charge is 2.10. The van der Waals surface area contributed by atoms with E-state index in [0.717, 1.165) is 23.6 Å². The summed E-state index contributed by atoms with van der Waals surface area (Å²) in [4.78, 5) is 11.1. The standard InChI is InChI=1S/C16H18O3/c1-3-7-19-15-10-13(16(17)18)9-12-6-5-11(4-2)8-14(12)15/h5-6,8-10H,3-4,7H2,1-2H3,(H,17,18). The molecule has 19 heavy (non-hydrogen) atoms. The van der Waals surface area contributed by atoms with Crippen molar-refractivity contribution in [2.45, 2.75) is 26.7 Å². The van der Waals surface area contributed by atoms with Crippen LogP contribution in [0, 0.1) is 0 Å². The van der Waals surface area contributed by atoms with Crippen LogP contribution in [0.15, 0.2) is 30.3 Å². The number of hydrogen-bond donors (Lipinski definition) is 1. The third kappa shape index (κ3) is 2.87. The molecular formula is C16H18O3. The number of carbonyl (C=O) groups is 1. The lowest BCUT2D eigenvalue weighted by Crippen LogP contribution is -2.01. The summed E-state index contributed by atoms with van der Waals surface area (Å²) in [6.45, 7) is 4.72. The number of hydrogen-bond acceptors (Lipinski definition) is 2. The van der Waals surface area contributed by atoms with E-state index in [-0.39, 0.29) is 5.56 Å². The summed E-state index contributed by atoms with van der Waals surface area (Å²) in [6.07, 6.45) is 1.84. The van der Waals surface area contributed by atoms with Crippen molar-refractivity contribution in [3.63, 3.8) is 0 Å². The first-order chi connectivity index (χ1) is 9.15. The molecule has 3 heteroatoms. The molecule has 0 aliphatic carbocycles. The number of benzene rings is 2. The zero-order chi connectivity index (χ0) is 13.8. The average molecular weight is 258 g/mol. The molecule has 0 fully saturated rings. The van der Waals surface area contributed by atoms with Crippen molar-refractivity contribution in [3.8, 4) is 5.75 Å². The van der Waals surface area contributed by atoms with Crippen LogP contribution < -0.4 is 4.74 Å². The van der Waals surface area contributed by atoms with Gasteiger partial charge in [-0.3, -0.25) is 0 Å². The molecule has 0 bridgehead atoms. The highest BCUT2D eigenvalue weighted by molar-refractivity contribution is 5.97. The van der Waals surface area contributed by atoms with Crippen LogP contribution in [0.25, 0.3) is 10.8 Å². The predicted molar refractivity (Wildman–Crippen MR) is 76.1 cm³/mol. The first-order valence-electron chi connectivity index (χ1n) is 6.58.